The third kappa shape index (κ3) is 5.97. The Morgan fingerprint density at radius 1 is 1.33 bits per heavy atom. The molecule has 0 aromatic carbocycles. The van der Waals surface area contributed by atoms with Crippen LogP contribution in [0.4, 0.5) is 0 Å². The van der Waals surface area contributed by atoms with Gasteiger partial charge < -0.3 is 5.32 Å². The van der Waals surface area contributed by atoms with E-state index in [-0.39, 0.29) is 11.6 Å². The number of rotatable bonds is 1. The van der Waals surface area contributed by atoms with Crippen molar-refractivity contribution in [1.29, 1.82) is 0 Å². The molecule has 0 bridgehead atoms. The second-order valence-corrected chi connectivity index (χ2v) is 4.09. The van der Waals surface area contributed by atoms with Gasteiger partial charge in [-0.25, -0.2) is 10.8 Å². The van der Waals surface area contributed by atoms with Crippen molar-refractivity contribution >= 4 is 5.96 Å². The molecular formula is C8H20N4. The van der Waals surface area contributed by atoms with Crippen molar-refractivity contribution in [2.75, 3.05) is 0 Å². The quantitative estimate of drug-likeness (QED) is 0.235. The lowest BCUT2D eigenvalue weighted by molar-refractivity contribution is 0.500. The van der Waals surface area contributed by atoms with Gasteiger partial charge in [-0.3, -0.25) is 5.43 Å². The van der Waals surface area contributed by atoms with E-state index in [2.05, 4.69) is 36.5 Å². The van der Waals surface area contributed by atoms with Crippen LogP contribution in [0.1, 0.15) is 34.6 Å². The molecule has 0 saturated carbocycles. The second kappa shape index (κ2) is 4.30. The van der Waals surface area contributed by atoms with Crippen LogP contribution in [0.25, 0.3) is 0 Å². The van der Waals surface area contributed by atoms with E-state index < -0.39 is 0 Å². The lowest BCUT2D eigenvalue weighted by Crippen LogP contribution is -2.50. The number of hydrogen-bond acceptors (Lipinski definition) is 2. The first-order chi connectivity index (χ1) is 5.35. The third-order valence-corrected chi connectivity index (χ3v) is 1.02. The molecule has 0 aliphatic rings. The number of nitrogens with one attached hydrogen (secondary N) is 2. The molecule has 4 N–H and O–H groups in total. The van der Waals surface area contributed by atoms with Crippen molar-refractivity contribution in [2.24, 2.45) is 10.8 Å². The minimum absolute atomic E-state index is 0.0138. The first-order valence-electron chi connectivity index (χ1n) is 4.18. The van der Waals surface area contributed by atoms with Crippen molar-refractivity contribution < 1.29 is 0 Å². The van der Waals surface area contributed by atoms with Gasteiger partial charge in [-0.2, -0.15) is 0 Å². The summed E-state index contributed by atoms with van der Waals surface area (Å²) in [6, 6.07) is 0.242. The smallest absolute Gasteiger partial charge is 0.206 e. The number of nitrogens with zero attached hydrogens (tertiary/aromatic N) is 1. The van der Waals surface area contributed by atoms with Gasteiger partial charge in [0.25, 0.3) is 0 Å². The number of hydrazine groups is 1. The van der Waals surface area contributed by atoms with Gasteiger partial charge in [0.15, 0.2) is 0 Å². The lowest BCUT2D eigenvalue weighted by Gasteiger charge is -2.23. The fourth-order valence-corrected chi connectivity index (χ4v) is 0.719. The summed E-state index contributed by atoms with van der Waals surface area (Å²) in [4.78, 5) is 4.25. The SMILES string of the molecule is CC(C)N=C(NN)NC(C)(C)C. The number of guanidine groups is 1. The van der Waals surface area contributed by atoms with E-state index >= 15 is 0 Å². The highest BCUT2D eigenvalue weighted by Crippen LogP contribution is 1.98. The third-order valence-electron chi connectivity index (χ3n) is 1.02. The van der Waals surface area contributed by atoms with Crippen LogP contribution in [-0.4, -0.2) is 17.5 Å². The van der Waals surface area contributed by atoms with Crippen molar-refractivity contribution in [2.45, 2.75) is 46.2 Å². The molecule has 12 heavy (non-hydrogen) atoms. The van der Waals surface area contributed by atoms with E-state index in [1.165, 1.54) is 0 Å². The summed E-state index contributed by atoms with van der Waals surface area (Å²) in [5.74, 6) is 5.92. The van der Waals surface area contributed by atoms with Gasteiger partial charge in [-0.05, 0) is 34.6 Å². The van der Waals surface area contributed by atoms with Gasteiger partial charge in [0, 0.05) is 11.6 Å². The molecule has 0 aliphatic carbocycles. The highest BCUT2D eigenvalue weighted by atomic mass is 15.3. The molecular weight excluding hydrogens is 152 g/mol. The Morgan fingerprint density at radius 2 is 1.83 bits per heavy atom. The van der Waals surface area contributed by atoms with E-state index in [1.54, 1.807) is 0 Å². The highest BCUT2D eigenvalue weighted by Gasteiger charge is 2.11. The maximum Gasteiger partial charge on any atom is 0.206 e. The van der Waals surface area contributed by atoms with Gasteiger partial charge in [-0.1, -0.05) is 0 Å². The van der Waals surface area contributed by atoms with Crippen LogP contribution < -0.4 is 16.6 Å². The predicted octanol–water partition coefficient (Wildman–Crippen LogP) is 0.602. The highest BCUT2D eigenvalue weighted by molar-refractivity contribution is 5.79. The standard InChI is InChI=1S/C8H20N4/c1-6(2)10-7(12-9)11-8(3,4)5/h6H,9H2,1-5H3,(H2,10,11,12). The zero-order valence-electron chi connectivity index (χ0n) is 8.60. The second-order valence-electron chi connectivity index (χ2n) is 4.09. The molecule has 4 nitrogen and oxygen atoms in total. The average molecular weight is 172 g/mol. The molecule has 4 heteroatoms. The van der Waals surface area contributed by atoms with E-state index in [9.17, 15) is 0 Å². The van der Waals surface area contributed by atoms with Crippen molar-refractivity contribution in [1.82, 2.24) is 10.7 Å². The summed E-state index contributed by atoms with van der Waals surface area (Å²) in [5, 5.41) is 3.15. The number of aliphatic imine (C=N–C) groups is 1. The van der Waals surface area contributed by atoms with Crippen LogP contribution in [0.15, 0.2) is 4.99 Å². The molecule has 0 spiro atoms. The Hall–Kier alpha value is -0.770. The van der Waals surface area contributed by atoms with Crippen LogP contribution >= 0.6 is 0 Å². The van der Waals surface area contributed by atoms with E-state index in [1.807, 2.05) is 13.8 Å². The number of nitrogens with two attached hydrogens (primary N) is 1. The van der Waals surface area contributed by atoms with Crippen LogP contribution in [0, 0.1) is 0 Å². The molecule has 0 aromatic heterocycles. The zero-order valence-corrected chi connectivity index (χ0v) is 8.60. The van der Waals surface area contributed by atoms with Gasteiger partial charge in [0.1, 0.15) is 0 Å². The van der Waals surface area contributed by atoms with Crippen LogP contribution in [0.3, 0.4) is 0 Å². The van der Waals surface area contributed by atoms with Crippen molar-refractivity contribution in [3.05, 3.63) is 0 Å². The molecule has 72 valence electrons. The largest absolute Gasteiger partial charge is 0.351 e. The van der Waals surface area contributed by atoms with E-state index in [4.69, 9.17) is 5.84 Å². The molecule has 0 aromatic rings. The molecule has 0 unspecified atom stereocenters. The minimum atomic E-state index is -0.0138. The predicted molar refractivity (Wildman–Crippen MR) is 52.8 cm³/mol. The number of hydrogen-bond donors (Lipinski definition) is 3. The Bertz CT molecular complexity index is 155. The molecule has 0 atom stereocenters. The van der Waals surface area contributed by atoms with Crippen molar-refractivity contribution in [3.63, 3.8) is 0 Å². The Kier molecular flexibility index (Phi) is 4.03. The lowest BCUT2D eigenvalue weighted by atomic mass is 10.1. The van der Waals surface area contributed by atoms with Crippen molar-refractivity contribution in [3.8, 4) is 0 Å². The zero-order chi connectivity index (χ0) is 9.78. The molecule has 0 rings (SSSR count). The Morgan fingerprint density at radius 3 is 2.08 bits per heavy atom. The Balaban J connectivity index is 4.18. The molecule has 0 saturated heterocycles. The first-order valence-corrected chi connectivity index (χ1v) is 4.18. The van der Waals surface area contributed by atoms with Gasteiger partial charge in [0.2, 0.25) is 5.96 Å². The Labute approximate surface area is 74.6 Å². The van der Waals surface area contributed by atoms with E-state index in [0.717, 1.165) is 0 Å². The van der Waals surface area contributed by atoms with Crippen LogP contribution in [0.5, 0.6) is 0 Å². The monoisotopic (exact) mass is 172 g/mol. The summed E-state index contributed by atoms with van der Waals surface area (Å²) in [5.41, 5.74) is 2.52. The summed E-state index contributed by atoms with van der Waals surface area (Å²) >= 11 is 0. The van der Waals surface area contributed by atoms with Crippen LogP contribution in [0.2, 0.25) is 0 Å². The van der Waals surface area contributed by atoms with Gasteiger partial charge in [0.05, 0.1) is 0 Å². The molecule has 0 aliphatic heterocycles. The van der Waals surface area contributed by atoms with Gasteiger partial charge in [-0.15, -0.1) is 0 Å². The molecule has 0 amide bonds. The topological polar surface area (TPSA) is 62.4 Å². The van der Waals surface area contributed by atoms with Gasteiger partial charge >= 0.3 is 0 Å². The normalized spacial score (nSPS) is 13.4. The summed E-state index contributed by atoms with van der Waals surface area (Å²) in [7, 11) is 0. The summed E-state index contributed by atoms with van der Waals surface area (Å²) < 4.78 is 0. The fraction of sp³-hybridized carbons (Fsp3) is 0.875. The van der Waals surface area contributed by atoms with Crippen LogP contribution in [-0.2, 0) is 0 Å². The molecule has 0 heterocycles. The summed E-state index contributed by atoms with van der Waals surface area (Å²) in [6.07, 6.45) is 0. The maximum absolute atomic E-state index is 5.28. The molecule has 0 radical (unpaired) electrons. The fourth-order valence-electron chi connectivity index (χ4n) is 0.719. The minimum Gasteiger partial charge on any atom is -0.351 e. The maximum atomic E-state index is 5.28. The average Bonchev–Trinajstić information content (AvgIpc) is 1.82. The summed E-state index contributed by atoms with van der Waals surface area (Å²) in [6.45, 7) is 10.2. The first kappa shape index (κ1) is 11.2. The molecule has 0 fully saturated rings. The van der Waals surface area contributed by atoms with E-state index in [0.29, 0.717) is 5.96 Å².